The first-order valence-corrected chi connectivity index (χ1v) is 7.19. The van der Waals surface area contributed by atoms with E-state index in [0.717, 1.165) is 6.42 Å². The average Bonchev–Trinajstić information content (AvgIpc) is 2.44. The van der Waals surface area contributed by atoms with Gasteiger partial charge in [0, 0.05) is 11.8 Å². The zero-order valence-electron chi connectivity index (χ0n) is 12.4. The molecule has 1 atom stereocenters. The summed E-state index contributed by atoms with van der Waals surface area (Å²) < 4.78 is 0. The molecule has 0 heterocycles. The number of hydrogen-bond acceptors (Lipinski definition) is 3. The van der Waals surface area contributed by atoms with E-state index in [0.29, 0.717) is 16.3 Å². The van der Waals surface area contributed by atoms with Crippen LogP contribution in [0, 0.1) is 0 Å². The van der Waals surface area contributed by atoms with Crippen molar-refractivity contribution in [3.63, 3.8) is 0 Å². The molecule has 0 aliphatic carbocycles. The zero-order valence-corrected chi connectivity index (χ0v) is 13.2. The maximum atomic E-state index is 11.9. The molecule has 0 spiro atoms. The lowest BCUT2D eigenvalue weighted by Crippen LogP contribution is -2.33. The monoisotopic (exact) mass is 309 g/mol. The van der Waals surface area contributed by atoms with Gasteiger partial charge >= 0.3 is 0 Å². The highest BCUT2D eigenvalue weighted by molar-refractivity contribution is 6.33. The first kappa shape index (κ1) is 17.2. The molecule has 5 nitrogen and oxygen atoms in total. The Labute approximate surface area is 129 Å². The number of carbonyl (C=O) groups is 2. The van der Waals surface area contributed by atoms with Gasteiger partial charge in [-0.1, -0.05) is 30.7 Å². The van der Waals surface area contributed by atoms with E-state index in [-0.39, 0.29) is 18.4 Å². The SMILES string of the molecule is CC[C@H](C)NC(=O)CC(C)=NNC(=O)c1ccccc1Cl. The Morgan fingerprint density at radius 1 is 1.33 bits per heavy atom. The Morgan fingerprint density at radius 2 is 2.00 bits per heavy atom. The van der Waals surface area contributed by atoms with E-state index in [4.69, 9.17) is 11.6 Å². The van der Waals surface area contributed by atoms with Gasteiger partial charge in [0.15, 0.2) is 0 Å². The molecule has 0 saturated carbocycles. The van der Waals surface area contributed by atoms with Crippen molar-refractivity contribution < 1.29 is 9.59 Å². The third-order valence-corrected chi connectivity index (χ3v) is 3.23. The van der Waals surface area contributed by atoms with Crippen molar-refractivity contribution in [3.05, 3.63) is 34.9 Å². The summed E-state index contributed by atoms with van der Waals surface area (Å²) >= 11 is 5.92. The van der Waals surface area contributed by atoms with Gasteiger partial charge in [0.1, 0.15) is 0 Å². The van der Waals surface area contributed by atoms with Crippen molar-refractivity contribution in [1.29, 1.82) is 0 Å². The molecule has 0 fully saturated rings. The van der Waals surface area contributed by atoms with Gasteiger partial charge in [-0.3, -0.25) is 9.59 Å². The third kappa shape index (κ3) is 5.95. The summed E-state index contributed by atoms with van der Waals surface area (Å²) in [5.74, 6) is -0.514. The van der Waals surface area contributed by atoms with Crippen molar-refractivity contribution in [2.24, 2.45) is 5.10 Å². The summed E-state index contributed by atoms with van der Waals surface area (Å²) in [5.41, 5.74) is 3.27. The molecule has 1 aromatic carbocycles. The molecule has 0 saturated heterocycles. The average molecular weight is 310 g/mol. The summed E-state index contributed by atoms with van der Waals surface area (Å²) in [6.07, 6.45) is 1.01. The molecule has 1 aromatic rings. The number of rotatable bonds is 6. The maximum absolute atomic E-state index is 11.9. The molecule has 2 N–H and O–H groups in total. The minimum atomic E-state index is -0.401. The van der Waals surface area contributed by atoms with E-state index in [1.54, 1.807) is 31.2 Å². The second kappa shape index (κ2) is 8.42. The van der Waals surface area contributed by atoms with Gasteiger partial charge in [-0.05, 0) is 32.4 Å². The fourth-order valence-electron chi connectivity index (χ4n) is 1.55. The summed E-state index contributed by atoms with van der Waals surface area (Å²) in [7, 11) is 0. The number of amides is 2. The Hall–Kier alpha value is -1.88. The van der Waals surface area contributed by atoms with Crippen LogP contribution in [0.5, 0.6) is 0 Å². The first-order valence-electron chi connectivity index (χ1n) is 6.81. The van der Waals surface area contributed by atoms with Gasteiger partial charge in [0.25, 0.3) is 5.91 Å². The number of benzene rings is 1. The number of nitrogens with zero attached hydrogens (tertiary/aromatic N) is 1. The molecule has 2 amide bonds. The highest BCUT2D eigenvalue weighted by atomic mass is 35.5. The Morgan fingerprint density at radius 3 is 2.62 bits per heavy atom. The van der Waals surface area contributed by atoms with Crippen LogP contribution in [0.25, 0.3) is 0 Å². The van der Waals surface area contributed by atoms with Crippen LogP contribution in [-0.2, 0) is 4.79 Å². The number of halogens is 1. The van der Waals surface area contributed by atoms with E-state index in [2.05, 4.69) is 15.8 Å². The summed E-state index contributed by atoms with van der Waals surface area (Å²) in [5, 5.41) is 7.11. The van der Waals surface area contributed by atoms with Crippen LogP contribution in [0.15, 0.2) is 29.4 Å². The molecule has 1 rings (SSSR count). The molecule has 0 aliphatic heterocycles. The van der Waals surface area contributed by atoms with E-state index in [1.165, 1.54) is 0 Å². The summed E-state index contributed by atoms with van der Waals surface area (Å²) in [6, 6.07) is 6.83. The van der Waals surface area contributed by atoms with Crippen molar-refractivity contribution in [1.82, 2.24) is 10.7 Å². The van der Waals surface area contributed by atoms with Crippen LogP contribution >= 0.6 is 11.6 Å². The van der Waals surface area contributed by atoms with Crippen LogP contribution in [-0.4, -0.2) is 23.6 Å². The largest absolute Gasteiger partial charge is 0.353 e. The predicted molar refractivity (Wildman–Crippen MR) is 84.5 cm³/mol. The van der Waals surface area contributed by atoms with Crippen molar-refractivity contribution >= 4 is 29.1 Å². The smallest absolute Gasteiger partial charge is 0.272 e. The highest BCUT2D eigenvalue weighted by Crippen LogP contribution is 2.14. The van der Waals surface area contributed by atoms with Crippen LogP contribution in [0.4, 0.5) is 0 Å². The predicted octanol–water partition coefficient (Wildman–Crippen LogP) is 2.75. The van der Waals surface area contributed by atoms with E-state index in [1.807, 2.05) is 13.8 Å². The molecule has 0 aliphatic rings. The van der Waals surface area contributed by atoms with E-state index in [9.17, 15) is 9.59 Å². The molecule has 0 aromatic heterocycles. The van der Waals surface area contributed by atoms with Gasteiger partial charge < -0.3 is 5.32 Å². The lowest BCUT2D eigenvalue weighted by Gasteiger charge is -2.11. The zero-order chi connectivity index (χ0) is 15.8. The third-order valence-electron chi connectivity index (χ3n) is 2.90. The molecule has 0 radical (unpaired) electrons. The fraction of sp³-hybridized carbons (Fsp3) is 0.400. The molecular formula is C15H20ClN3O2. The second-order valence-corrected chi connectivity index (χ2v) is 5.23. The summed E-state index contributed by atoms with van der Waals surface area (Å²) in [6.45, 7) is 5.61. The van der Waals surface area contributed by atoms with Gasteiger partial charge in [-0.25, -0.2) is 5.43 Å². The molecule has 6 heteroatoms. The normalized spacial score (nSPS) is 12.7. The molecule has 21 heavy (non-hydrogen) atoms. The number of hydrogen-bond donors (Lipinski definition) is 2. The molecule has 114 valence electrons. The van der Waals surface area contributed by atoms with Crippen molar-refractivity contribution in [3.8, 4) is 0 Å². The van der Waals surface area contributed by atoms with Gasteiger partial charge in [0.2, 0.25) is 5.91 Å². The quantitative estimate of drug-likeness (QED) is 0.626. The minimum absolute atomic E-state index is 0.113. The van der Waals surface area contributed by atoms with Gasteiger partial charge in [-0.2, -0.15) is 5.10 Å². The van der Waals surface area contributed by atoms with E-state index >= 15 is 0 Å². The maximum Gasteiger partial charge on any atom is 0.272 e. The Bertz CT molecular complexity index is 543. The Balaban J connectivity index is 2.54. The van der Waals surface area contributed by atoms with Crippen LogP contribution in [0.3, 0.4) is 0 Å². The number of hydrazone groups is 1. The Kier molecular flexibility index (Phi) is 6.88. The van der Waals surface area contributed by atoms with Crippen LogP contribution in [0.1, 0.15) is 44.0 Å². The lowest BCUT2D eigenvalue weighted by atomic mass is 10.2. The minimum Gasteiger partial charge on any atom is -0.353 e. The van der Waals surface area contributed by atoms with Crippen molar-refractivity contribution in [2.45, 2.75) is 39.7 Å². The van der Waals surface area contributed by atoms with E-state index < -0.39 is 5.91 Å². The first-order chi connectivity index (χ1) is 9.93. The lowest BCUT2D eigenvalue weighted by molar-refractivity contribution is -0.120. The van der Waals surface area contributed by atoms with Crippen LogP contribution < -0.4 is 10.7 Å². The number of carbonyl (C=O) groups excluding carboxylic acids is 2. The topological polar surface area (TPSA) is 70.6 Å². The standard InChI is InChI=1S/C15H20ClN3O2/c1-4-10(2)17-14(20)9-11(3)18-19-15(21)12-7-5-6-8-13(12)16/h5-8,10H,4,9H2,1-3H3,(H,17,20)(H,19,21)/t10-/m0/s1. The molecule has 0 unspecified atom stereocenters. The highest BCUT2D eigenvalue weighted by Gasteiger charge is 2.10. The number of nitrogens with one attached hydrogen (secondary N) is 2. The summed E-state index contributed by atoms with van der Waals surface area (Å²) in [4.78, 5) is 23.5. The van der Waals surface area contributed by atoms with Crippen molar-refractivity contribution in [2.75, 3.05) is 0 Å². The molecule has 0 bridgehead atoms. The fourth-order valence-corrected chi connectivity index (χ4v) is 1.77. The van der Waals surface area contributed by atoms with Gasteiger partial charge in [0.05, 0.1) is 17.0 Å². The van der Waals surface area contributed by atoms with Crippen LogP contribution in [0.2, 0.25) is 5.02 Å². The second-order valence-electron chi connectivity index (χ2n) is 4.82. The molecular weight excluding hydrogens is 290 g/mol. The van der Waals surface area contributed by atoms with Gasteiger partial charge in [-0.15, -0.1) is 0 Å².